The number of allylic oxidation sites excluding steroid dienone is 3. The van der Waals surface area contributed by atoms with Crippen LogP contribution in [-0.4, -0.2) is 5.87 Å². The van der Waals surface area contributed by atoms with Gasteiger partial charge in [0.2, 0.25) is 0 Å². The SMILES string of the molecule is N#CC(=C=[N-])C(C#N)=C(C#N)C#N.c1cc[nH+]cc1. The number of pyridine rings is 1. The summed E-state index contributed by atoms with van der Waals surface area (Å²) in [7, 11) is 0. The number of aromatic amines is 1. The van der Waals surface area contributed by atoms with E-state index in [1.165, 1.54) is 30.1 Å². The fraction of sp³-hybridized carbons (Fsp3) is 0. The van der Waals surface area contributed by atoms with E-state index >= 15 is 0 Å². The average molecular weight is 246 g/mol. The maximum Gasteiger partial charge on any atom is 0.166 e. The third-order valence-electron chi connectivity index (χ3n) is 1.67. The molecule has 1 N–H and O–H groups in total. The summed E-state index contributed by atoms with van der Waals surface area (Å²) in [6, 6.07) is 11.6. The minimum atomic E-state index is -0.527. The molecule has 0 aromatic carbocycles. The molecule has 6 nitrogen and oxygen atoms in total. The van der Waals surface area contributed by atoms with Crippen molar-refractivity contribution >= 4 is 5.87 Å². The minimum absolute atomic E-state index is 0.477. The van der Waals surface area contributed by atoms with Crippen LogP contribution in [0.3, 0.4) is 0 Å². The molecule has 0 aliphatic heterocycles. The van der Waals surface area contributed by atoms with Crippen LogP contribution in [0.5, 0.6) is 0 Å². The molecule has 0 unspecified atom stereocenters. The van der Waals surface area contributed by atoms with E-state index in [0.717, 1.165) is 0 Å². The molecule has 1 heterocycles. The van der Waals surface area contributed by atoms with Gasteiger partial charge in [-0.25, -0.2) is 10.9 Å². The van der Waals surface area contributed by atoms with Crippen LogP contribution in [0.15, 0.2) is 47.3 Å². The molecule has 1 rings (SSSR count). The summed E-state index contributed by atoms with van der Waals surface area (Å²) < 4.78 is 0. The molecule has 19 heavy (non-hydrogen) atoms. The van der Waals surface area contributed by atoms with Crippen LogP contribution in [0.4, 0.5) is 0 Å². The maximum atomic E-state index is 8.46. The zero-order valence-electron chi connectivity index (χ0n) is 9.62. The molecule has 0 fully saturated rings. The van der Waals surface area contributed by atoms with Crippen molar-refractivity contribution in [1.29, 1.82) is 21.0 Å². The van der Waals surface area contributed by atoms with E-state index in [1.54, 1.807) is 0 Å². The van der Waals surface area contributed by atoms with Crippen molar-refractivity contribution in [3.8, 4) is 24.3 Å². The normalized spacial score (nSPS) is 6.74. The predicted octanol–water partition coefficient (Wildman–Crippen LogP) is 1.04. The Hall–Kier alpha value is -3.70. The molecular formula is C13H6N6. The van der Waals surface area contributed by atoms with Crippen LogP contribution >= 0.6 is 0 Å². The highest BCUT2D eigenvalue weighted by Gasteiger charge is 2.08. The second-order valence-corrected chi connectivity index (χ2v) is 2.76. The van der Waals surface area contributed by atoms with Crippen molar-refractivity contribution in [2.75, 3.05) is 0 Å². The Morgan fingerprint density at radius 2 is 1.42 bits per heavy atom. The van der Waals surface area contributed by atoms with Crippen LogP contribution in [-0.2, 0) is 0 Å². The van der Waals surface area contributed by atoms with Crippen molar-refractivity contribution in [3.63, 3.8) is 0 Å². The van der Waals surface area contributed by atoms with Gasteiger partial charge >= 0.3 is 0 Å². The quantitative estimate of drug-likeness (QED) is 0.416. The molecular weight excluding hydrogens is 240 g/mol. The summed E-state index contributed by atoms with van der Waals surface area (Å²) in [5, 5.41) is 41.9. The van der Waals surface area contributed by atoms with Crippen molar-refractivity contribution in [2.45, 2.75) is 0 Å². The Morgan fingerprint density at radius 1 is 0.842 bits per heavy atom. The van der Waals surface area contributed by atoms with Gasteiger partial charge in [-0.1, -0.05) is 6.07 Å². The van der Waals surface area contributed by atoms with Gasteiger partial charge in [-0.3, -0.25) is 0 Å². The van der Waals surface area contributed by atoms with Crippen LogP contribution in [0.1, 0.15) is 0 Å². The predicted molar refractivity (Wildman–Crippen MR) is 64.4 cm³/mol. The lowest BCUT2D eigenvalue weighted by Crippen LogP contribution is -1.93. The largest absolute Gasteiger partial charge is 0.762 e. The highest BCUT2D eigenvalue weighted by molar-refractivity contribution is 5.77. The molecule has 0 bridgehead atoms. The summed E-state index contributed by atoms with van der Waals surface area (Å²) in [5.74, 6) is 1.42. The third-order valence-corrected chi connectivity index (χ3v) is 1.67. The number of aromatic nitrogens is 1. The van der Waals surface area contributed by atoms with Gasteiger partial charge in [-0.2, -0.15) is 21.0 Å². The Kier molecular flexibility index (Phi) is 7.67. The molecule has 0 spiro atoms. The fourth-order valence-electron chi connectivity index (χ4n) is 0.852. The van der Waals surface area contributed by atoms with E-state index in [4.69, 9.17) is 26.5 Å². The molecule has 0 radical (unpaired) electrons. The van der Waals surface area contributed by atoms with Crippen molar-refractivity contribution in [3.05, 3.63) is 52.7 Å². The molecule has 6 heteroatoms. The van der Waals surface area contributed by atoms with Gasteiger partial charge in [0, 0.05) is 12.1 Å². The van der Waals surface area contributed by atoms with Gasteiger partial charge in [0.25, 0.3) is 0 Å². The van der Waals surface area contributed by atoms with Gasteiger partial charge in [0.1, 0.15) is 35.4 Å². The molecule has 0 amide bonds. The number of nitrogens with zero attached hydrogens (tertiary/aromatic N) is 5. The first-order chi connectivity index (χ1) is 9.24. The molecule has 0 atom stereocenters. The Balaban J connectivity index is 0.000000443. The van der Waals surface area contributed by atoms with Crippen molar-refractivity contribution in [2.24, 2.45) is 0 Å². The first kappa shape index (κ1) is 15.3. The summed E-state index contributed by atoms with van der Waals surface area (Å²) in [6.07, 6.45) is 3.75. The zero-order valence-corrected chi connectivity index (χ0v) is 9.62. The standard InChI is InChI=1S/C8N5.C5H5N/c9-1-6(2-10)8(5-13)7(3-11)4-12;1-2-4-6-5-3-1/h;1-5H/q-1;/p+1. The van der Waals surface area contributed by atoms with Gasteiger partial charge in [-0.15, -0.1) is 0 Å². The van der Waals surface area contributed by atoms with Gasteiger partial charge in [-0.05, 0) is 0 Å². The molecule has 0 aliphatic carbocycles. The topological polar surface area (TPSA) is 132 Å². The number of nitrogens with one attached hydrogen (secondary N) is 1. The van der Waals surface area contributed by atoms with E-state index in [0.29, 0.717) is 0 Å². The molecule has 88 valence electrons. The first-order valence-electron chi connectivity index (χ1n) is 4.78. The van der Waals surface area contributed by atoms with Crippen LogP contribution in [0, 0.1) is 45.3 Å². The van der Waals surface area contributed by atoms with Gasteiger partial charge in [0.05, 0.1) is 5.57 Å². The Labute approximate surface area is 109 Å². The Morgan fingerprint density at radius 3 is 1.63 bits per heavy atom. The lowest BCUT2D eigenvalue weighted by Gasteiger charge is -1.91. The summed E-state index contributed by atoms with van der Waals surface area (Å²) in [4.78, 5) is 2.89. The molecule has 0 saturated carbocycles. The van der Waals surface area contributed by atoms with Crippen molar-refractivity contribution < 1.29 is 4.98 Å². The zero-order chi connectivity index (χ0) is 14.5. The van der Waals surface area contributed by atoms with Gasteiger partial charge in [0.15, 0.2) is 12.4 Å². The van der Waals surface area contributed by atoms with E-state index in [9.17, 15) is 0 Å². The monoisotopic (exact) mass is 246 g/mol. The lowest BCUT2D eigenvalue weighted by molar-refractivity contribution is -0.377. The smallest absolute Gasteiger partial charge is 0.166 e. The molecule has 1 aromatic heterocycles. The first-order valence-corrected chi connectivity index (χ1v) is 4.78. The minimum Gasteiger partial charge on any atom is -0.762 e. The third kappa shape index (κ3) is 5.25. The van der Waals surface area contributed by atoms with Crippen LogP contribution < -0.4 is 4.98 Å². The van der Waals surface area contributed by atoms with Crippen LogP contribution in [0.25, 0.3) is 5.41 Å². The number of nitriles is 4. The number of H-pyrrole nitrogens is 1. The van der Waals surface area contributed by atoms with E-state index < -0.39 is 16.7 Å². The second kappa shape index (κ2) is 9.52. The summed E-state index contributed by atoms with van der Waals surface area (Å²) in [5.41, 5.74) is -1.53. The number of hydrogen-bond donors (Lipinski definition) is 0. The summed E-state index contributed by atoms with van der Waals surface area (Å²) in [6.45, 7) is 0. The lowest BCUT2D eigenvalue weighted by atomic mass is 10.1. The fourth-order valence-corrected chi connectivity index (χ4v) is 0.852. The number of hydrogen-bond acceptors (Lipinski definition) is 4. The van der Waals surface area contributed by atoms with Gasteiger partial charge < -0.3 is 5.41 Å². The van der Waals surface area contributed by atoms with E-state index in [2.05, 4.69) is 4.98 Å². The maximum absolute atomic E-state index is 8.46. The average Bonchev–Trinajstić information content (AvgIpc) is 2.50. The van der Waals surface area contributed by atoms with Crippen LogP contribution in [0.2, 0.25) is 0 Å². The second-order valence-electron chi connectivity index (χ2n) is 2.76. The highest BCUT2D eigenvalue weighted by Crippen LogP contribution is 2.09. The number of rotatable bonds is 1. The van der Waals surface area contributed by atoms with E-state index in [1.807, 2.05) is 30.6 Å². The molecule has 1 aromatic rings. The molecule has 0 aliphatic rings. The van der Waals surface area contributed by atoms with Crippen molar-refractivity contribution in [1.82, 2.24) is 0 Å². The summed E-state index contributed by atoms with van der Waals surface area (Å²) >= 11 is 0. The van der Waals surface area contributed by atoms with E-state index in [-0.39, 0.29) is 0 Å². The highest BCUT2D eigenvalue weighted by atomic mass is 14.6. The Bertz CT molecular complexity index is 624. The molecule has 0 saturated heterocycles.